The predicted molar refractivity (Wildman–Crippen MR) is 64.8 cm³/mol. The van der Waals surface area contributed by atoms with Gasteiger partial charge in [-0.3, -0.25) is 0 Å². The largest absolute Gasteiger partial charge is 0.389 e. The fraction of sp³-hybridized carbons (Fsp3) is 1.00. The lowest BCUT2D eigenvalue weighted by Gasteiger charge is -2.32. The van der Waals surface area contributed by atoms with E-state index in [1.807, 2.05) is 0 Å². The molecule has 0 amide bonds. The van der Waals surface area contributed by atoms with Crippen LogP contribution in [0.25, 0.3) is 0 Å². The van der Waals surface area contributed by atoms with Crippen molar-refractivity contribution in [2.45, 2.75) is 71.4 Å². The van der Waals surface area contributed by atoms with Gasteiger partial charge in [-0.2, -0.15) is 13.2 Å². The molecule has 0 N–H and O–H groups in total. The molecule has 102 valence electrons. The molecule has 1 saturated carbocycles. The molecule has 1 rings (SSSR count). The normalized spacial score (nSPS) is 21.0. The lowest BCUT2D eigenvalue weighted by Crippen LogP contribution is -2.21. The first-order valence-corrected chi connectivity index (χ1v) is 6.99. The van der Waals surface area contributed by atoms with E-state index in [4.69, 9.17) is 0 Å². The molecular weight excluding hydrogens is 225 g/mol. The Bertz CT molecular complexity index is 206. The van der Waals surface area contributed by atoms with E-state index in [1.54, 1.807) is 0 Å². The molecule has 0 nitrogen and oxygen atoms in total. The van der Waals surface area contributed by atoms with E-state index in [1.165, 1.54) is 19.3 Å². The van der Waals surface area contributed by atoms with Crippen molar-refractivity contribution < 1.29 is 13.2 Å². The average molecular weight is 250 g/mol. The first-order valence-electron chi connectivity index (χ1n) is 6.99. The van der Waals surface area contributed by atoms with Gasteiger partial charge < -0.3 is 0 Å². The zero-order valence-corrected chi connectivity index (χ0v) is 11.0. The molecule has 17 heavy (non-hydrogen) atoms. The van der Waals surface area contributed by atoms with Crippen LogP contribution in [0.4, 0.5) is 13.2 Å². The number of alkyl halides is 3. The summed E-state index contributed by atoms with van der Waals surface area (Å²) in [5, 5.41) is 0. The molecule has 2 atom stereocenters. The summed E-state index contributed by atoms with van der Waals surface area (Å²) < 4.78 is 36.4. The molecule has 1 fully saturated rings. The molecule has 3 heteroatoms. The molecule has 0 aromatic carbocycles. The van der Waals surface area contributed by atoms with Crippen LogP contribution in [-0.2, 0) is 0 Å². The molecule has 0 heterocycles. The Labute approximate surface area is 103 Å². The topological polar surface area (TPSA) is 0 Å². The van der Waals surface area contributed by atoms with E-state index in [0.29, 0.717) is 18.3 Å². The molecule has 0 saturated heterocycles. The van der Waals surface area contributed by atoms with E-state index in [2.05, 4.69) is 13.8 Å². The Morgan fingerprint density at radius 3 is 2.29 bits per heavy atom. The van der Waals surface area contributed by atoms with Gasteiger partial charge in [0.05, 0.1) is 0 Å². The zero-order chi connectivity index (χ0) is 12.9. The van der Waals surface area contributed by atoms with Crippen LogP contribution in [0.3, 0.4) is 0 Å². The van der Waals surface area contributed by atoms with Gasteiger partial charge >= 0.3 is 6.18 Å². The van der Waals surface area contributed by atoms with Crippen molar-refractivity contribution in [3.63, 3.8) is 0 Å². The molecule has 0 aromatic heterocycles. The van der Waals surface area contributed by atoms with Gasteiger partial charge in [-0.15, -0.1) is 0 Å². The monoisotopic (exact) mass is 250 g/mol. The SMILES string of the molecule is CCC(C)[C@H](CCCC(F)(F)F)CC1CCC1. The van der Waals surface area contributed by atoms with Crippen molar-refractivity contribution in [3.05, 3.63) is 0 Å². The van der Waals surface area contributed by atoms with Crippen LogP contribution in [0.1, 0.15) is 65.2 Å². The van der Waals surface area contributed by atoms with Gasteiger partial charge in [0.15, 0.2) is 0 Å². The van der Waals surface area contributed by atoms with E-state index < -0.39 is 12.6 Å². The maximum atomic E-state index is 12.1. The van der Waals surface area contributed by atoms with E-state index >= 15 is 0 Å². The van der Waals surface area contributed by atoms with Crippen molar-refractivity contribution >= 4 is 0 Å². The number of halogens is 3. The van der Waals surface area contributed by atoms with Gasteiger partial charge in [-0.1, -0.05) is 39.5 Å². The fourth-order valence-corrected chi connectivity index (χ4v) is 2.69. The Balaban J connectivity index is 2.29. The third-order valence-electron chi connectivity index (χ3n) is 4.34. The first-order chi connectivity index (χ1) is 7.92. The van der Waals surface area contributed by atoms with Crippen molar-refractivity contribution in [3.8, 4) is 0 Å². The second-order valence-electron chi connectivity index (χ2n) is 5.69. The second kappa shape index (κ2) is 6.65. The minimum atomic E-state index is -3.98. The van der Waals surface area contributed by atoms with Gasteiger partial charge in [0.25, 0.3) is 0 Å². The van der Waals surface area contributed by atoms with Gasteiger partial charge in [-0.25, -0.2) is 0 Å². The molecule has 0 bridgehead atoms. The summed E-state index contributed by atoms with van der Waals surface area (Å²) in [4.78, 5) is 0. The summed E-state index contributed by atoms with van der Waals surface area (Å²) in [6, 6.07) is 0. The maximum absolute atomic E-state index is 12.1. The van der Waals surface area contributed by atoms with Crippen LogP contribution in [0.5, 0.6) is 0 Å². The summed E-state index contributed by atoms with van der Waals surface area (Å²) >= 11 is 0. The summed E-state index contributed by atoms with van der Waals surface area (Å²) in [5.41, 5.74) is 0. The van der Waals surface area contributed by atoms with Crippen LogP contribution in [0, 0.1) is 17.8 Å². The Morgan fingerprint density at radius 1 is 1.24 bits per heavy atom. The number of hydrogen-bond acceptors (Lipinski definition) is 0. The fourth-order valence-electron chi connectivity index (χ4n) is 2.69. The van der Waals surface area contributed by atoms with Crippen molar-refractivity contribution in [1.82, 2.24) is 0 Å². The number of rotatable bonds is 7. The van der Waals surface area contributed by atoms with Gasteiger partial charge in [0, 0.05) is 6.42 Å². The number of hydrogen-bond donors (Lipinski definition) is 0. The molecule has 0 radical (unpaired) electrons. The minimum Gasteiger partial charge on any atom is -0.171 e. The smallest absolute Gasteiger partial charge is 0.171 e. The highest BCUT2D eigenvalue weighted by Gasteiger charge is 2.29. The summed E-state index contributed by atoms with van der Waals surface area (Å²) in [6.45, 7) is 4.33. The molecule has 0 spiro atoms. The highest BCUT2D eigenvalue weighted by atomic mass is 19.4. The highest BCUT2D eigenvalue weighted by Crippen LogP contribution is 2.37. The van der Waals surface area contributed by atoms with Gasteiger partial charge in [0.2, 0.25) is 0 Å². The van der Waals surface area contributed by atoms with Crippen molar-refractivity contribution in [2.24, 2.45) is 17.8 Å². The zero-order valence-electron chi connectivity index (χ0n) is 11.0. The van der Waals surface area contributed by atoms with Crippen LogP contribution in [0.2, 0.25) is 0 Å². The molecule has 0 aliphatic heterocycles. The summed E-state index contributed by atoms with van der Waals surface area (Å²) in [6.07, 6.45) is 2.65. The predicted octanol–water partition coefficient (Wildman–Crippen LogP) is 5.57. The Morgan fingerprint density at radius 2 is 1.88 bits per heavy atom. The van der Waals surface area contributed by atoms with Crippen LogP contribution >= 0.6 is 0 Å². The van der Waals surface area contributed by atoms with Crippen LogP contribution in [0.15, 0.2) is 0 Å². The van der Waals surface area contributed by atoms with Crippen LogP contribution < -0.4 is 0 Å². The minimum absolute atomic E-state index is 0.311. The standard InChI is InChI=1S/C14H25F3/c1-3-11(2)13(10-12-6-4-7-12)8-5-9-14(15,16)17/h11-13H,3-10H2,1-2H3/t11?,13-/m1/s1. The van der Waals surface area contributed by atoms with Crippen molar-refractivity contribution in [1.29, 1.82) is 0 Å². The summed E-state index contributed by atoms with van der Waals surface area (Å²) in [7, 11) is 0. The molecule has 1 aliphatic carbocycles. The lowest BCUT2D eigenvalue weighted by molar-refractivity contribution is -0.136. The maximum Gasteiger partial charge on any atom is 0.389 e. The molecule has 0 aromatic rings. The molecular formula is C14H25F3. The highest BCUT2D eigenvalue weighted by molar-refractivity contribution is 4.76. The average Bonchev–Trinajstić information content (AvgIpc) is 2.17. The lowest BCUT2D eigenvalue weighted by atomic mass is 9.74. The van der Waals surface area contributed by atoms with E-state index in [0.717, 1.165) is 25.2 Å². The Hall–Kier alpha value is -0.210. The van der Waals surface area contributed by atoms with Crippen molar-refractivity contribution in [2.75, 3.05) is 0 Å². The third kappa shape index (κ3) is 5.78. The van der Waals surface area contributed by atoms with Gasteiger partial charge in [0.1, 0.15) is 0 Å². The van der Waals surface area contributed by atoms with Crippen LogP contribution in [-0.4, -0.2) is 6.18 Å². The Kier molecular flexibility index (Phi) is 5.81. The van der Waals surface area contributed by atoms with E-state index in [9.17, 15) is 13.2 Å². The van der Waals surface area contributed by atoms with E-state index in [-0.39, 0.29) is 0 Å². The third-order valence-corrected chi connectivity index (χ3v) is 4.34. The second-order valence-corrected chi connectivity index (χ2v) is 5.69. The van der Waals surface area contributed by atoms with Gasteiger partial charge in [-0.05, 0) is 37.0 Å². The molecule has 1 unspecified atom stereocenters. The molecule has 1 aliphatic rings. The first kappa shape index (κ1) is 14.8. The quantitative estimate of drug-likeness (QED) is 0.554. The summed E-state index contributed by atoms with van der Waals surface area (Å²) in [5.74, 6) is 1.89.